The van der Waals surface area contributed by atoms with E-state index in [2.05, 4.69) is 353 Å². The Morgan fingerprint density at radius 3 is 1.55 bits per heavy atom. The molecule has 1 spiro atoms. The molecule has 6 heteroatoms. The molecule has 95 heavy (non-hydrogen) atoms. The third-order valence-corrected chi connectivity index (χ3v) is 20.0. The molecule has 2 aliphatic carbocycles. The number of hydrogen-bond acceptors (Lipinski definition) is 4. The molecule has 3 heterocycles. The molecule has 5 nitrogen and oxygen atoms in total. The summed E-state index contributed by atoms with van der Waals surface area (Å²) in [6.45, 7) is 29.8. The summed E-state index contributed by atoms with van der Waals surface area (Å²) in [5, 5.41) is 2.25. The Hall–Kier alpha value is -9.54. The Balaban J connectivity index is 0.00000743. The fourth-order valence-electron chi connectivity index (χ4n) is 15.2. The Kier molecular flexibility index (Phi) is 14.6. The van der Waals surface area contributed by atoms with E-state index in [9.17, 15) is 0 Å². The Bertz CT molecular complexity index is 5100. The van der Waals surface area contributed by atoms with Gasteiger partial charge in [0, 0.05) is 78.0 Å². The molecule has 1 aliphatic heterocycles. The summed E-state index contributed by atoms with van der Waals surface area (Å²) >= 11 is 0. The summed E-state index contributed by atoms with van der Waals surface area (Å²) in [5.74, 6) is 1.97. The van der Waals surface area contributed by atoms with Gasteiger partial charge < -0.3 is 19.1 Å². The van der Waals surface area contributed by atoms with Crippen molar-refractivity contribution in [2.24, 2.45) is 0 Å². The molecule has 0 atom stereocenters. The van der Waals surface area contributed by atoms with Gasteiger partial charge in [0.2, 0.25) is 0 Å². The number of para-hydroxylation sites is 3. The maximum Gasteiger partial charge on any atom is 0.135 e. The van der Waals surface area contributed by atoms with Crippen molar-refractivity contribution in [2.45, 2.75) is 110 Å². The Morgan fingerprint density at radius 2 is 0.937 bits per heavy atom. The van der Waals surface area contributed by atoms with E-state index in [1.165, 1.54) is 77.7 Å². The van der Waals surface area contributed by atoms with Gasteiger partial charge in [-0.2, -0.15) is 12.1 Å². The topological polar surface area (TPSA) is 33.5 Å². The van der Waals surface area contributed by atoms with E-state index in [-0.39, 0.29) is 42.7 Å². The van der Waals surface area contributed by atoms with Gasteiger partial charge in [-0.1, -0.05) is 271 Å². The van der Waals surface area contributed by atoms with E-state index >= 15 is 0 Å². The minimum Gasteiger partial charge on any atom is -0.509 e. The Morgan fingerprint density at radius 1 is 0.411 bits per heavy atom. The van der Waals surface area contributed by atoms with Crippen LogP contribution in [0.25, 0.3) is 83.3 Å². The fraction of sp³-hybridized carbons (Fsp3) is 0.191. The first-order valence-electron chi connectivity index (χ1n) is 33.2. The zero-order valence-corrected chi connectivity index (χ0v) is 58.5. The summed E-state index contributed by atoms with van der Waals surface area (Å²) in [6.07, 6.45) is 2.09. The molecule has 472 valence electrons. The van der Waals surface area contributed by atoms with Crippen LogP contribution >= 0.6 is 0 Å². The molecule has 0 saturated heterocycles. The van der Waals surface area contributed by atoms with Crippen molar-refractivity contribution in [2.75, 3.05) is 9.80 Å². The van der Waals surface area contributed by atoms with Gasteiger partial charge in [-0.05, 0) is 135 Å². The molecule has 2 aromatic heterocycles. The number of pyridine rings is 1. The van der Waals surface area contributed by atoms with Crippen molar-refractivity contribution in [3.8, 4) is 73.0 Å². The van der Waals surface area contributed by atoms with Crippen LogP contribution in [-0.2, 0) is 48.1 Å². The molecule has 0 unspecified atom stereocenters. The molecule has 3 aliphatic rings. The first-order valence-corrected chi connectivity index (χ1v) is 33.2. The van der Waals surface area contributed by atoms with Gasteiger partial charge in [0.15, 0.2) is 0 Å². The maximum atomic E-state index is 7.12. The third kappa shape index (κ3) is 10.0. The van der Waals surface area contributed by atoms with Crippen LogP contribution in [-0.4, -0.2) is 9.55 Å². The normalized spacial score (nSPS) is 13.8. The van der Waals surface area contributed by atoms with Crippen molar-refractivity contribution in [1.29, 1.82) is 0 Å². The minimum absolute atomic E-state index is 0. The van der Waals surface area contributed by atoms with Gasteiger partial charge in [0.1, 0.15) is 5.82 Å². The molecular formula is C89H77N4OPt-3. The van der Waals surface area contributed by atoms with Crippen molar-refractivity contribution in [1.82, 2.24) is 9.55 Å². The van der Waals surface area contributed by atoms with Gasteiger partial charge in [0.05, 0.1) is 5.41 Å². The van der Waals surface area contributed by atoms with Gasteiger partial charge >= 0.3 is 0 Å². The summed E-state index contributed by atoms with van der Waals surface area (Å²) in [4.78, 5) is 10.1. The van der Waals surface area contributed by atoms with Gasteiger partial charge in [-0.15, -0.1) is 48.1 Å². The van der Waals surface area contributed by atoms with Crippen LogP contribution < -0.4 is 14.5 Å². The number of ether oxygens (including phenoxy) is 1. The summed E-state index contributed by atoms with van der Waals surface area (Å²) in [5.41, 5.74) is 27.3. The monoisotopic (exact) mass is 1410 g/mol. The third-order valence-electron chi connectivity index (χ3n) is 20.0. The van der Waals surface area contributed by atoms with Crippen LogP contribution in [0.2, 0.25) is 0 Å². The van der Waals surface area contributed by atoms with E-state index in [4.69, 9.17) is 9.72 Å². The molecule has 0 fully saturated rings. The number of benzene rings is 11. The van der Waals surface area contributed by atoms with Crippen LogP contribution in [0.1, 0.15) is 128 Å². The number of nitrogens with zero attached hydrogens (tertiary/aromatic N) is 4. The quantitative estimate of drug-likeness (QED) is 0.142. The molecule has 0 radical (unpaired) electrons. The molecule has 0 N–H and O–H groups in total. The summed E-state index contributed by atoms with van der Waals surface area (Å²) in [7, 11) is 0. The van der Waals surface area contributed by atoms with Crippen LogP contribution in [0, 0.1) is 18.8 Å². The van der Waals surface area contributed by atoms with Crippen LogP contribution in [0.3, 0.4) is 0 Å². The number of anilines is 4. The number of rotatable bonds is 8. The second-order valence-corrected chi connectivity index (χ2v) is 30.1. The summed E-state index contributed by atoms with van der Waals surface area (Å²) in [6, 6.07) is 95.0. The average molecular weight is 1410 g/mol. The van der Waals surface area contributed by atoms with E-state index in [0.717, 1.165) is 72.8 Å². The first kappa shape index (κ1) is 61.6. The molecule has 0 amide bonds. The molecular weight excluding hydrogens is 1340 g/mol. The second kappa shape index (κ2) is 22.6. The number of fused-ring (bicyclic) bond motifs is 15. The fourth-order valence-corrected chi connectivity index (χ4v) is 15.2. The van der Waals surface area contributed by atoms with E-state index in [0.29, 0.717) is 11.5 Å². The SMILES string of the molecule is CC(C)(C)c1ccc(-c2cnc(-n3c4[c-]c(Oc5[c-]c(N6[CH-]N(c7c(-c8ccccc8)cccc7-c7cc(C(C)(C)C)cc(C(C)(C)C)c7)c7ccccc76)ccc5)ccc4c4c5c(ccc43)-c3ccccc3C53c4ccccc4-c4ccccc43)cc2C(C)(C)C)cc1.[Pt]. The number of aromatic nitrogens is 2. The Labute approximate surface area is 575 Å². The van der Waals surface area contributed by atoms with E-state index in [1.807, 2.05) is 6.07 Å². The second-order valence-electron chi connectivity index (χ2n) is 30.1. The molecule has 11 aromatic carbocycles. The number of hydrogen-bond donors (Lipinski definition) is 0. The van der Waals surface area contributed by atoms with Gasteiger partial charge in [-0.3, -0.25) is 0 Å². The molecule has 16 rings (SSSR count). The van der Waals surface area contributed by atoms with Crippen LogP contribution in [0.15, 0.2) is 243 Å². The van der Waals surface area contributed by atoms with Crippen molar-refractivity contribution < 1.29 is 25.8 Å². The predicted molar refractivity (Wildman–Crippen MR) is 392 cm³/mol. The van der Waals surface area contributed by atoms with Crippen molar-refractivity contribution >= 4 is 44.6 Å². The standard InChI is InChI=1S/C89H77N4O.Pt/c1-85(2,3)59-42-40-57(41-43-59)72-54-90-81(53-76(72)88(10,11)12)93-79-47-46-70-69-32-18-21-37-75(69)89(73-35-19-16-30-67(73)68-31-17-20-36-74(68)89)83(70)82(79)71-45-44-64(52-80(71)93)94-63-29-24-28-62(51-63)91-55-92(78-39-23-22-38-77(78)91)84-65(56-26-14-13-15-27-56)33-25-34-66(84)58-48-60(86(4,5)6)50-61(49-58)87(7,8)9;/h13-50,53-55H,1-12H3;/q-3;. The van der Waals surface area contributed by atoms with Gasteiger partial charge in [-0.25, -0.2) is 4.98 Å². The smallest absolute Gasteiger partial charge is 0.135 e. The molecule has 0 saturated carbocycles. The van der Waals surface area contributed by atoms with Gasteiger partial charge in [0.25, 0.3) is 0 Å². The minimum atomic E-state index is -0.589. The van der Waals surface area contributed by atoms with E-state index in [1.54, 1.807) is 0 Å². The predicted octanol–water partition coefficient (Wildman–Crippen LogP) is 23.5. The zero-order valence-electron chi connectivity index (χ0n) is 56.2. The first-order chi connectivity index (χ1) is 45.1. The summed E-state index contributed by atoms with van der Waals surface area (Å²) < 4.78 is 9.47. The van der Waals surface area contributed by atoms with Crippen molar-refractivity contribution in [3.05, 3.63) is 306 Å². The largest absolute Gasteiger partial charge is 0.509 e. The van der Waals surface area contributed by atoms with Crippen molar-refractivity contribution in [3.63, 3.8) is 0 Å². The van der Waals surface area contributed by atoms with E-state index < -0.39 is 5.41 Å². The molecule has 13 aromatic rings. The maximum absolute atomic E-state index is 7.12. The average Bonchev–Trinajstić information content (AvgIpc) is 1.50. The van der Waals surface area contributed by atoms with Crippen LogP contribution in [0.4, 0.5) is 22.7 Å². The molecule has 0 bridgehead atoms. The van der Waals surface area contributed by atoms with Crippen LogP contribution in [0.5, 0.6) is 11.5 Å². The zero-order chi connectivity index (χ0) is 64.8.